The van der Waals surface area contributed by atoms with E-state index in [-0.39, 0.29) is 35.3 Å². The van der Waals surface area contributed by atoms with Crippen molar-refractivity contribution in [3.05, 3.63) is 59.8 Å². The second-order valence-electron chi connectivity index (χ2n) is 10.8. The summed E-state index contributed by atoms with van der Waals surface area (Å²) in [6, 6.07) is 9.65. The standard InChI is InChI=1S/C28H35F3N6O5S/c1-18-17-32-26(35-25(18)33-19-9-8-10-21(15-19)43(40,41)37-27(2,3)4)34-20-12-13-23(22(16-20)28(29,30)31)42-14-7-5-6-11-24(38)36-39/h8-10,12-13,15-17,37,39H,5-7,11,14H2,1-4H3,(H,36,38)(H2,32,33,34,35). The second-order valence-corrected chi connectivity index (χ2v) is 12.4. The summed E-state index contributed by atoms with van der Waals surface area (Å²) < 4.78 is 74.9. The topological polar surface area (TPSA) is 155 Å². The third-order valence-electron chi connectivity index (χ3n) is 5.79. The Balaban J connectivity index is 1.73. The van der Waals surface area contributed by atoms with Gasteiger partial charge in [0.1, 0.15) is 11.6 Å². The fraction of sp³-hybridized carbons (Fsp3) is 0.393. The minimum absolute atomic E-state index is 0.0139. The van der Waals surface area contributed by atoms with Gasteiger partial charge in [0.2, 0.25) is 21.9 Å². The van der Waals surface area contributed by atoms with Crippen LogP contribution in [-0.2, 0) is 21.0 Å². The quantitative estimate of drug-likeness (QED) is 0.0900. The first kappa shape index (κ1) is 33.6. The van der Waals surface area contributed by atoms with E-state index in [9.17, 15) is 26.4 Å². The van der Waals surface area contributed by atoms with Crippen LogP contribution in [0.4, 0.5) is 36.3 Å². The molecule has 0 saturated heterocycles. The second kappa shape index (κ2) is 14.0. The lowest BCUT2D eigenvalue weighted by Crippen LogP contribution is -2.40. The summed E-state index contributed by atoms with van der Waals surface area (Å²) >= 11 is 0. The van der Waals surface area contributed by atoms with Crippen molar-refractivity contribution >= 4 is 39.1 Å². The number of carbonyl (C=O) groups excluding carboxylic acids is 1. The highest BCUT2D eigenvalue weighted by Crippen LogP contribution is 2.38. The van der Waals surface area contributed by atoms with E-state index in [1.807, 2.05) is 0 Å². The summed E-state index contributed by atoms with van der Waals surface area (Å²) in [5.41, 5.74) is 0.985. The van der Waals surface area contributed by atoms with Gasteiger partial charge in [-0.2, -0.15) is 18.2 Å². The monoisotopic (exact) mass is 624 g/mol. The summed E-state index contributed by atoms with van der Waals surface area (Å²) in [4.78, 5) is 19.6. The van der Waals surface area contributed by atoms with Gasteiger partial charge in [0.25, 0.3) is 0 Å². The Morgan fingerprint density at radius 3 is 2.40 bits per heavy atom. The van der Waals surface area contributed by atoms with Crippen molar-refractivity contribution in [2.75, 3.05) is 17.2 Å². The van der Waals surface area contributed by atoms with Crippen LogP contribution in [0.25, 0.3) is 0 Å². The number of unbranched alkanes of at least 4 members (excludes halogenated alkanes) is 2. The van der Waals surface area contributed by atoms with Crippen molar-refractivity contribution in [3.63, 3.8) is 0 Å². The van der Waals surface area contributed by atoms with E-state index in [4.69, 9.17) is 9.94 Å². The number of benzene rings is 2. The van der Waals surface area contributed by atoms with Gasteiger partial charge < -0.3 is 15.4 Å². The summed E-state index contributed by atoms with van der Waals surface area (Å²) in [5.74, 6) is -0.532. The first-order valence-electron chi connectivity index (χ1n) is 13.4. The molecular weight excluding hydrogens is 589 g/mol. The van der Waals surface area contributed by atoms with Gasteiger partial charge in [0, 0.05) is 35.1 Å². The smallest absolute Gasteiger partial charge is 0.420 e. The number of nitrogens with zero attached hydrogens (tertiary/aromatic N) is 2. The van der Waals surface area contributed by atoms with Gasteiger partial charge >= 0.3 is 6.18 Å². The average molecular weight is 625 g/mol. The largest absolute Gasteiger partial charge is 0.493 e. The normalized spacial score (nSPS) is 12.1. The van der Waals surface area contributed by atoms with Gasteiger partial charge in [-0.15, -0.1) is 0 Å². The van der Waals surface area contributed by atoms with E-state index >= 15 is 0 Å². The number of nitrogens with one attached hydrogen (secondary N) is 4. The lowest BCUT2D eigenvalue weighted by Gasteiger charge is -2.20. The molecule has 1 amide bonds. The van der Waals surface area contributed by atoms with Crippen LogP contribution in [-0.4, -0.2) is 41.6 Å². The van der Waals surface area contributed by atoms with Crippen molar-refractivity contribution in [3.8, 4) is 5.75 Å². The maximum atomic E-state index is 13.8. The third kappa shape index (κ3) is 10.4. The lowest BCUT2D eigenvalue weighted by molar-refractivity contribution is -0.139. The number of anilines is 4. The summed E-state index contributed by atoms with van der Waals surface area (Å²) in [6.45, 7) is 6.94. The molecule has 1 aromatic heterocycles. The molecule has 2 aromatic carbocycles. The average Bonchev–Trinajstić information content (AvgIpc) is 2.91. The van der Waals surface area contributed by atoms with Crippen LogP contribution in [0.2, 0.25) is 0 Å². The molecule has 15 heteroatoms. The van der Waals surface area contributed by atoms with Gasteiger partial charge in [-0.25, -0.2) is 23.6 Å². The van der Waals surface area contributed by atoms with Crippen LogP contribution in [0.1, 0.15) is 57.6 Å². The highest BCUT2D eigenvalue weighted by atomic mass is 32.2. The fourth-order valence-electron chi connectivity index (χ4n) is 3.86. The molecule has 0 bridgehead atoms. The SMILES string of the molecule is Cc1cnc(Nc2ccc(OCCCCCC(=O)NO)c(C(F)(F)F)c2)nc1Nc1cccc(S(=O)(=O)NC(C)(C)C)c1. The summed E-state index contributed by atoms with van der Waals surface area (Å²) in [6.07, 6.45) is -1.70. The minimum atomic E-state index is -4.69. The number of halogens is 3. The molecule has 0 aliphatic rings. The molecule has 43 heavy (non-hydrogen) atoms. The van der Waals surface area contributed by atoms with E-state index in [0.717, 1.165) is 6.07 Å². The van der Waals surface area contributed by atoms with Crippen molar-refractivity contribution in [1.29, 1.82) is 0 Å². The Morgan fingerprint density at radius 2 is 1.72 bits per heavy atom. The van der Waals surface area contributed by atoms with E-state index in [1.54, 1.807) is 39.8 Å². The van der Waals surface area contributed by atoms with E-state index in [2.05, 4.69) is 25.3 Å². The molecule has 3 rings (SSSR count). The number of ether oxygens (including phenoxy) is 1. The number of amides is 1. The van der Waals surface area contributed by atoms with Crippen LogP contribution in [0.5, 0.6) is 5.75 Å². The molecule has 3 aromatic rings. The van der Waals surface area contributed by atoms with Crippen LogP contribution in [0.15, 0.2) is 53.6 Å². The summed E-state index contributed by atoms with van der Waals surface area (Å²) in [7, 11) is -3.79. The van der Waals surface area contributed by atoms with Crippen LogP contribution >= 0.6 is 0 Å². The number of hydrogen-bond donors (Lipinski definition) is 5. The number of hydrogen-bond acceptors (Lipinski definition) is 9. The Labute approximate surface area is 248 Å². The van der Waals surface area contributed by atoms with E-state index in [0.29, 0.717) is 36.3 Å². The van der Waals surface area contributed by atoms with Crippen LogP contribution in [0.3, 0.4) is 0 Å². The molecule has 0 fully saturated rings. The molecule has 234 valence electrons. The van der Waals surface area contributed by atoms with Crippen LogP contribution in [0, 0.1) is 6.92 Å². The first-order chi connectivity index (χ1) is 20.1. The summed E-state index contributed by atoms with van der Waals surface area (Å²) in [5, 5.41) is 14.3. The van der Waals surface area contributed by atoms with Crippen molar-refractivity contribution in [2.24, 2.45) is 0 Å². The highest BCUT2D eigenvalue weighted by molar-refractivity contribution is 7.89. The van der Waals surface area contributed by atoms with Gasteiger partial charge in [-0.1, -0.05) is 6.07 Å². The number of alkyl halides is 3. The Kier molecular flexibility index (Phi) is 10.9. The first-order valence-corrected chi connectivity index (χ1v) is 14.8. The zero-order chi connectivity index (χ0) is 31.8. The van der Waals surface area contributed by atoms with Gasteiger partial charge in [-0.05, 0) is 83.4 Å². The van der Waals surface area contributed by atoms with E-state index in [1.165, 1.54) is 35.9 Å². The fourth-order valence-corrected chi connectivity index (χ4v) is 5.32. The Morgan fingerprint density at radius 1 is 1.00 bits per heavy atom. The molecule has 0 aliphatic heterocycles. The van der Waals surface area contributed by atoms with Crippen molar-refractivity contribution < 1.29 is 36.3 Å². The molecule has 0 saturated carbocycles. The molecule has 0 unspecified atom stereocenters. The molecule has 5 N–H and O–H groups in total. The molecule has 0 spiro atoms. The molecule has 1 heterocycles. The highest BCUT2D eigenvalue weighted by Gasteiger charge is 2.35. The number of aryl methyl sites for hydroxylation is 1. The minimum Gasteiger partial charge on any atom is -0.493 e. The predicted molar refractivity (Wildman–Crippen MR) is 155 cm³/mol. The zero-order valence-corrected chi connectivity index (χ0v) is 25.0. The number of rotatable bonds is 13. The maximum Gasteiger partial charge on any atom is 0.420 e. The predicted octanol–water partition coefficient (Wildman–Crippen LogP) is 5.81. The van der Waals surface area contributed by atoms with E-state index < -0.39 is 33.2 Å². The Hall–Kier alpha value is -3.95. The Bertz CT molecular complexity index is 1530. The molecule has 0 radical (unpaired) electrons. The number of carbonyl (C=O) groups is 1. The molecule has 0 atom stereocenters. The van der Waals surface area contributed by atoms with Gasteiger partial charge in [0.05, 0.1) is 17.1 Å². The zero-order valence-electron chi connectivity index (χ0n) is 24.2. The molecule has 11 nitrogen and oxygen atoms in total. The lowest BCUT2D eigenvalue weighted by atomic mass is 10.1. The maximum absolute atomic E-state index is 13.8. The van der Waals surface area contributed by atoms with Gasteiger partial charge in [0.15, 0.2) is 0 Å². The molecule has 0 aliphatic carbocycles. The van der Waals surface area contributed by atoms with Crippen LogP contribution < -0.4 is 25.6 Å². The van der Waals surface area contributed by atoms with Crippen molar-refractivity contribution in [2.45, 2.75) is 70.0 Å². The number of hydroxylamine groups is 1. The number of sulfonamides is 1. The third-order valence-corrected chi connectivity index (χ3v) is 7.55. The number of aromatic nitrogens is 2. The van der Waals surface area contributed by atoms with Gasteiger partial charge in [-0.3, -0.25) is 10.0 Å². The van der Waals surface area contributed by atoms with Crippen molar-refractivity contribution in [1.82, 2.24) is 20.2 Å². The molecular formula is C28H35F3N6O5S.